The molecule has 0 unspecified atom stereocenters. The molecule has 0 amide bonds. The van der Waals surface area contributed by atoms with E-state index in [1.807, 2.05) is 25.1 Å². The molecule has 6 heteroatoms. The number of hydrogen-bond acceptors (Lipinski definition) is 4. The topological polar surface area (TPSA) is 64.4 Å². The highest BCUT2D eigenvalue weighted by molar-refractivity contribution is 9.10. The lowest BCUT2D eigenvalue weighted by atomic mass is 10.1. The van der Waals surface area contributed by atoms with Crippen LogP contribution in [0.4, 0.5) is 11.4 Å². The third kappa shape index (κ3) is 3.95. The highest BCUT2D eigenvalue weighted by Crippen LogP contribution is 2.26. The number of hydrogen-bond donors (Lipinski definition) is 1. The smallest absolute Gasteiger partial charge is 0.270 e. The fourth-order valence-electron chi connectivity index (χ4n) is 2.05. The Bertz CT molecular complexity index is 654. The molecule has 0 aromatic heterocycles. The van der Waals surface area contributed by atoms with Crippen molar-refractivity contribution in [1.29, 1.82) is 0 Å². The standard InChI is InChI=1S/C15H15BrN2O3/c1-10-5-12(16)8-13(6-10)17-9-11-7-14(18(19)20)3-4-15(11)21-2/h3-8,17H,9H2,1-2H3. The van der Waals surface area contributed by atoms with Crippen LogP contribution in [0.25, 0.3) is 0 Å². The molecule has 2 aromatic rings. The average molecular weight is 351 g/mol. The van der Waals surface area contributed by atoms with E-state index < -0.39 is 4.92 Å². The lowest BCUT2D eigenvalue weighted by Crippen LogP contribution is -2.03. The first kappa shape index (κ1) is 15.3. The van der Waals surface area contributed by atoms with Crippen molar-refractivity contribution < 1.29 is 9.66 Å². The summed E-state index contributed by atoms with van der Waals surface area (Å²) in [6, 6.07) is 10.5. The van der Waals surface area contributed by atoms with E-state index in [4.69, 9.17) is 4.74 Å². The molecule has 2 rings (SSSR count). The number of anilines is 1. The number of nitrogens with one attached hydrogen (secondary N) is 1. The van der Waals surface area contributed by atoms with Crippen LogP contribution in [0.1, 0.15) is 11.1 Å². The quantitative estimate of drug-likeness (QED) is 0.645. The molecule has 0 spiro atoms. The summed E-state index contributed by atoms with van der Waals surface area (Å²) in [6.07, 6.45) is 0. The Labute approximate surface area is 131 Å². The molecule has 0 atom stereocenters. The zero-order valence-corrected chi connectivity index (χ0v) is 13.3. The minimum Gasteiger partial charge on any atom is -0.496 e. The van der Waals surface area contributed by atoms with Crippen molar-refractivity contribution in [3.63, 3.8) is 0 Å². The molecular formula is C15H15BrN2O3. The predicted octanol–water partition coefficient (Wildman–Crippen LogP) is 4.29. The molecule has 0 heterocycles. The summed E-state index contributed by atoms with van der Waals surface area (Å²) >= 11 is 3.44. The van der Waals surface area contributed by atoms with Gasteiger partial charge in [-0.05, 0) is 36.8 Å². The summed E-state index contributed by atoms with van der Waals surface area (Å²) in [5.74, 6) is 0.625. The van der Waals surface area contributed by atoms with Crippen molar-refractivity contribution in [2.24, 2.45) is 0 Å². The first-order valence-electron chi connectivity index (χ1n) is 6.32. The normalized spacial score (nSPS) is 10.2. The van der Waals surface area contributed by atoms with Crippen LogP contribution < -0.4 is 10.1 Å². The maximum atomic E-state index is 10.9. The monoisotopic (exact) mass is 350 g/mol. The Kier molecular flexibility index (Phi) is 4.80. The highest BCUT2D eigenvalue weighted by Gasteiger charge is 2.11. The molecule has 0 aliphatic rings. The first-order chi connectivity index (χ1) is 9.99. The van der Waals surface area contributed by atoms with Gasteiger partial charge in [-0.2, -0.15) is 0 Å². The molecular weight excluding hydrogens is 336 g/mol. The van der Waals surface area contributed by atoms with E-state index in [9.17, 15) is 10.1 Å². The van der Waals surface area contributed by atoms with Crippen LogP contribution in [0.3, 0.4) is 0 Å². The molecule has 0 radical (unpaired) electrons. The first-order valence-corrected chi connectivity index (χ1v) is 7.11. The van der Waals surface area contributed by atoms with Crippen molar-refractivity contribution in [3.8, 4) is 5.75 Å². The van der Waals surface area contributed by atoms with Crippen LogP contribution in [-0.2, 0) is 6.54 Å². The second-order valence-electron chi connectivity index (χ2n) is 4.62. The number of rotatable bonds is 5. The number of nitro groups is 1. The van der Waals surface area contributed by atoms with E-state index in [1.165, 1.54) is 12.1 Å². The molecule has 2 aromatic carbocycles. The lowest BCUT2D eigenvalue weighted by molar-refractivity contribution is -0.384. The summed E-state index contributed by atoms with van der Waals surface area (Å²) in [7, 11) is 1.55. The molecule has 0 saturated heterocycles. The van der Waals surface area contributed by atoms with E-state index in [0.29, 0.717) is 12.3 Å². The van der Waals surface area contributed by atoms with Crippen LogP contribution in [0.5, 0.6) is 5.75 Å². The average Bonchev–Trinajstić information content (AvgIpc) is 2.43. The van der Waals surface area contributed by atoms with Crippen LogP contribution in [0, 0.1) is 17.0 Å². The van der Waals surface area contributed by atoms with Gasteiger partial charge in [-0.3, -0.25) is 10.1 Å². The Morgan fingerprint density at radius 1 is 1.29 bits per heavy atom. The van der Waals surface area contributed by atoms with Crippen LogP contribution in [0.15, 0.2) is 40.9 Å². The predicted molar refractivity (Wildman–Crippen MR) is 85.9 cm³/mol. The molecule has 0 saturated carbocycles. The maximum absolute atomic E-state index is 10.9. The van der Waals surface area contributed by atoms with E-state index in [-0.39, 0.29) is 5.69 Å². The number of ether oxygens (including phenoxy) is 1. The van der Waals surface area contributed by atoms with Crippen molar-refractivity contribution in [1.82, 2.24) is 0 Å². The summed E-state index contributed by atoms with van der Waals surface area (Å²) in [5.41, 5.74) is 2.86. The van der Waals surface area contributed by atoms with Crippen molar-refractivity contribution in [3.05, 3.63) is 62.1 Å². The van der Waals surface area contributed by atoms with Gasteiger partial charge in [-0.15, -0.1) is 0 Å². The number of nitrogens with zero attached hydrogens (tertiary/aromatic N) is 1. The Balaban J connectivity index is 2.21. The van der Waals surface area contributed by atoms with Crippen LogP contribution in [0.2, 0.25) is 0 Å². The van der Waals surface area contributed by atoms with Gasteiger partial charge in [-0.1, -0.05) is 15.9 Å². The number of benzene rings is 2. The Morgan fingerprint density at radius 3 is 2.67 bits per heavy atom. The minimum absolute atomic E-state index is 0.0537. The number of aryl methyl sites for hydroxylation is 1. The Morgan fingerprint density at radius 2 is 2.05 bits per heavy atom. The largest absolute Gasteiger partial charge is 0.496 e. The summed E-state index contributed by atoms with van der Waals surface area (Å²) in [6.45, 7) is 2.45. The Hall–Kier alpha value is -2.08. The van der Waals surface area contributed by atoms with Gasteiger partial charge < -0.3 is 10.1 Å². The van der Waals surface area contributed by atoms with E-state index in [1.54, 1.807) is 13.2 Å². The van der Waals surface area contributed by atoms with E-state index in [0.717, 1.165) is 21.3 Å². The minimum atomic E-state index is -0.411. The maximum Gasteiger partial charge on any atom is 0.270 e. The number of nitro benzene ring substituents is 1. The van der Waals surface area contributed by atoms with Gasteiger partial charge in [0.1, 0.15) is 5.75 Å². The van der Waals surface area contributed by atoms with E-state index in [2.05, 4.69) is 21.2 Å². The van der Waals surface area contributed by atoms with Crippen LogP contribution in [-0.4, -0.2) is 12.0 Å². The zero-order chi connectivity index (χ0) is 15.4. The molecule has 1 N–H and O–H groups in total. The molecule has 21 heavy (non-hydrogen) atoms. The third-order valence-electron chi connectivity index (χ3n) is 3.00. The SMILES string of the molecule is COc1ccc([N+](=O)[O-])cc1CNc1cc(C)cc(Br)c1. The van der Waals surface area contributed by atoms with Gasteiger partial charge in [0.15, 0.2) is 0 Å². The van der Waals surface area contributed by atoms with Gasteiger partial charge in [0, 0.05) is 34.4 Å². The van der Waals surface area contributed by atoms with Crippen molar-refractivity contribution in [2.75, 3.05) is 12.4 Å². The van der Waals surface area contributed by atoms with Gasteiger partial charge in [0.05, 0.1) is 12.0 Å². The fraction of sp³-hybridized carbons (Fsp3) is 0.200. The highest BCUT2D eigenvalue weighted by atomic mass is 79.9. The van der Waals surface area contributed by atoms with Gasteiger partial charge in [0.25, 0.3) is 5.69 Å². The van der Waals surface area contributed by atoms with Crippen molar-refractivity contribution >= 4 is 27.3 Å². The summed E-state index contributed by atoms with van der Waals surface area (Å²) in [4.78, 5) is 10.4. The molecule has 110 valence electrons. The van der Waals surface area contributed by atoms with Crippen LogP contribution >= 0.6 is 15.9 Å². The van der Waals surface area contributed by atoms with Gasteiger partial charge in [-0.25, -0.2) is 0 Å². The number of methoxy groups -OCH3 is 1. The molecule has 0 aliphatic heterocycles. The molecule has 0 fully saturated rings. The third-order valence-corrected chi connectivity index (χ3v) is 3.46. The molecule has 5 nitrogen and oxygen atoms in total. The molecule has 0 aliphatic carbocycles. The lowest BCUT2D eigenvalue weighted by Gasteiger charge is -2.11. The molecule has 0 bridgehead atoms. The second-order valence-corrected chi connectivity index (χ2v) is 5.54. The second kappa shape index (κ2) is 6.58. The van der Waals surface area contributed by atoms with Gasteiger partial charge >= 0.3 is 0 Å². The van der Waals surface area contributed by atoms with Gasteiger partial charge in [0.2, 0.25) is 0 Å². The number of halogens is 1. The summed E-state index contributed by atoms with van der Waals surface area (Å²) in [5, 5.41) is 14.1. The fourth-order valence-corrected chi connectivity index (χ4v) is 2.66. The van der Waals surface area contributed by atoms with Crippen molar-refractivity contribution in [2.45, 2.75) is 13.5 Å². The summed E-state index contributed by atoms with van der Waals surface area (Å²) < 4.78 is 6.23. The zero-order valence-electron chi connectivity index (χ0n) is 11.7. The number of non-ortho nitro benzene ring substituents is 1. The van der Waals surface area contributed by atoms with E-state index >= 15 is 0 Å².